The van der Waals surface area contributed by atoms with Crippen molar-refractivity contribution in [3.63, 3.8) is 0 Å². The number of hydrogen-bond donors (Lipinski definition) is 0. The third-order valence-electron chi connectivity index (χ3n) is 1.62. The second-order valence-electron chi connectivity index (χ2n) is 3.01. The van der Waals surface area contributed by atoms with E-state index in [1.807, 2.05) is 0 Å². The van der Waals surface area contributed by atoms with Gasteiger partial charge in [-0.3, -0.25) is 0 Å². The zero-order chi connectivity index (χ0) is 15.9. The first-order chi connectivity index (χ1) is 8.83. The van der Waals surface area contributed by atoms with Gasteiger partial charge in [-0.05, 0) is 0 Å². The van der Waals surface area contributed by atoms with Crippen molar-refractivity contribution in [2.24, 2.45) is 0 Å². The minimum atomic E-state index is -5.73. The Bertz CT molecular complexity index is 441. The van der Waals surface area contributed by atoms with Crippen molar-refractivity contribution in [1.29, 1.82) is 0 Å². The Kier molecular flexibility index (Phi) is 3.97. The Hall–Kier alpha value is -1.88. The highest BCUT2D eigenvalue weighted by Crippen LogP contribution is 2.38. The van der Waals surface area contributed by atoms with Crippen molar-refractivity contribution < 1.29 is 53.4 Å². The van der Waals surface area contributed by atoms with E-state index in [-0.39, 0.29) is 0 Å². The quantitative estimate of drug-likeness (QED) is 0.605. The molecular weight excluding hydrogens is 318 g/mol. The smallest absolute Gasteiger partial charge is 0.399 e. The maximum Gasteiger partial charge on any atom is 0.573 e. The molecule has 0 fully saturated rings. The first kappa shape index (κ1) is 16.2. The molecule has 1 aromatic rings. The number of rotatable bonds is 2. The monoisotopic (exact) mass is 318 g/mol. The topological polar surface area (TPSA) is 18.5 Å². The van der Waals surface area contributed by atoms with Crippen LogP contribution in [0.2, 0.25) is 0 Å². The summed E-state index contributed by atoms with van der Waals surface area (Å²) < 4.78 is 127. The van der Waals surface area contributed by atoms with E-state index >= 15 is 0 Å². The molecule has 2 nitrogen and oxygen atoms in total. The van der Waals surface area contributed by atoms with Gasteiger partial charge in [0.2, 0.25) is 34.8 Å². The van der Waals surface area contributed by atoms with Gasteiger partial charge in [0.05, 0.1) is 0 Å². The Labute approximate surface area is 102 Å². The Morgan fingerprint density at radius 3 is 0.850 bits per heavy atom. The molecule has 114 valence electrons. The van der Waals surface area contributed by atoms with E-state index in [9.17, 15) is 43.9 Å². The van der Waals surface area contributed by atoms with Crippen LogP contribution in [0.25, 0.3) is 0 Å². The van der Waals surface area contributed by atoms with Gasteiger partial charge in [0.25, 0.3) is 0 Å². The van der Waals surface area contributed by atoms with Crippen LogP contribution in [0.15, 0.2) is 0 Å². The Morgan fingerprint density at radius 2 is 0.700 bits per heavy atom. The van der Waals surface area contributed by atoms with E-state index in [0.717, 1.165) is 0 Å². The molecule has 1 aromatic carbocycles. The van der Waals surface area contributed by atoms with Crippen molar-refractivity contribution in [2.45, 2.75) is 12.7 Å². The highest BCUT2D eigenvalue weighted by Gasteiger charge is 2.41. The Morgan fingerprint density at radius 1 is 0.500 bits per heavy atom. The standard InChI is InChI=1S/C8F10O2/c9-1-2(10)6(20-8(16,17)18)4(12)3(11)5(1)19-7(13,14)15. The van der Waals surface area contributed by atoms with Crippen molar-refractivity contribution in [2.75, 3.05) is 0 Å². The maximum absolute atomic E-state index is 13.0. The summed E-state index contributed by atoms with van der Waals surface area (Å²) in [5, 5.41) is 0. The van der Waals surface area contributed by atoms with Gasteiger partial charge in [0.15, 0.2) is 0 Å². The van der Waals surface area contributed by atoms with Crippen LogP contribution in [0, 0.1) is 23.3 Å². The van der Waals surface area contributed by atoms with E-state index in [2.05, 4.69) is 9.47 Å². The van der Waals surface area contributed by atoms with Gasteiger partial charge >= 0.3 is 12.7 Å². The van der Waals surface area contributed by atoms with E-state index in [1.165, 1.54) is 0 Å². The molecule has 0 aromatic heterocycles. The number of hydrogen-bond acceptors (Lipinski definition) is 2. The minimum Gasteiger partial charge on any atom is -0.399 e. The molecule has 0 aliphatic heterocycles. The lowest BCUT2D eigenvalue weighted by molar-refractivity contribution is -0.280. The van der Waals surface area contributed by atoms with Crippen LogP contribution in [-0.4, -0.2) is 12.7 Å². The summed E-state index contributed by atoms with van der Waals surface area (Å²) in [5.74, 6) is -16.5. The number of benzene rings is 1. The number of halogens is 10. The van der Waals surface area contributed by atoms with E-state index in [4.69, 9.17) is 0 Å². The van der Waals surface area contributed by atoms with Gasteiger partial charge in [-0.15, -0.1) is 26.3 Å². The van der Waals surface area contributed by atoms with Crippen molar-refractivity contribution in [1.82, 2.24) is 0 Å². The first-order valence-corrected chi connectivity index (χ1v) is 4.21. The van der Waals surface area contributed by atoms with Gasteiger partial charge in [0, 0.05) is 0 Å². The summed E-state index contributed by atoms with van der Waals surface area (Å²) in [4.78, 5) is 0. The fourth-order valence-electron chi connectivity index (χ4n) is 1.00. The second kappa shape index (κ2) is 4.90. The molecule has 0 bridgehead atoms. The fraction of sp³-hybridized carbons (Fsp3) is 0.250. The summed E-state index contributed by atoms with van der Waals surface area (Å²) >= 11 is 0. The number of alkyl halides is 6. The molecule has 0 saturated heterocycles. The van der Waals surface area contributed by atoms with Crippen LogP contribution >= 0.6 is 0 Å². The third-order valence-corrected chi connectivity index (χ3v) is 1.62. The van der Waals surface area contributed by atoms with E-state index in [1.54, 1.807) is 0 Å². The normalized spacial score (nSPS) is 12.5. The van der Waals surface area contributed by atoms with Gasteiger partial charge in [0.1, 0.15) is 0 Å². The van der Waals surface area contributed by atoms with Crippen molar-refractivity contribution >= 4 is 0 Å². The van der Waals surface area contributed by atoms with E-state index < -0.39 is 47.5 Å². The first-order valence-electron chi connectivity index (χ1n) is 4.21. The molecule has 0 saturated carbocycles. The molecule has 0 spiro atoms. The average molecular weight is 318 g/mol. The zero-order valence-electron chi connectivity index (χ0n) is 8.60. The third kappa shape index (κ3) is 3.57. The van der Waals surface area contributed by atoms with Crippen LogP contribution in [-0.2, 0) is 0 Å². The highest BCUT2D eigenvalue weighted by atomic mass is 19.4. The van der Waals surface area contributed by atoms with Gasteiger partial charge < -0.3 is 9.47 Å². The van der Waals surface area contributed by atoms with Crippen molar-refractivity contribution in [3.05, 3.63) is 23.3 Å². The van der Waals surface area contributed by atoms with Crippen LogP contribution in [0.5, 0.6) is 11.5 Å². The molecule has 12 heteroatoms. The molecule has 20 heavy (non-hydrogen) atoms. The molecule has 0 heterocycles. The number of ether oxygens (including phenoxy) is 2. The fourth-order valence-corrected chi connectivity index (χ4v) is 1.00. The molecule has 0 radical (unpaired) electrons. The molecule has 0 unspecified atom stereocenters. The van der Waals surface area contributed by atoms with Crippen LogP contribution in [0.1, 0.15) is 0 Å². The molecule has 0 amide bonds. The lowest BCUT2D eigenvalue weighted by atomic mass is 10.2. The van der Waals surface area contributed by atoms with Crippen LogP contribution in [0.4, 0.5) is 43.9 Å². The largest absolute Gasteiger partial charge is 0.573 e. The predicted octanol–water partition coefficient (Wildman–Crippen LogP) is 4.04. The lowest BCUT2D eigenvalue weighted by Gasteiger charge is -2.15. The van der Waals surface area contributed by atoms with Gasteiger partial charge in [-0.2, -0.15) is 17.6 Å². The predicted molar refractivity (Wildman–Crippen MR) is 39.6 cm³/mol. The molecular formula is C8F10O2. The second-order valence-corrected chi connectivity index (χ2v) is 3.01. The van der Waals surface area contributed by atoms with Gasteiger partial charge in [-0.25, -0.2) is 0 Å². The van der Waals surface area contributed by atoms with E-state index in [0.29, 0.717) is 0 Å². The molecule has 0 N–H and O–H groups in total. The SMILES string of the molecule is Fc1c(F)c(OC(F)(F)F)c(F)c(F)c1OC(F)(F)F. The maximum atomic E-state index is 13.0. The zero-order valence-corrected chi connectivity index (χ0v) is 8.60. The summed E-state index contributed by atoms with van der Waals surface area (Å²) in [6.45, 7) is 0. The van der Waals surface area contributed by atoms with Gasteiger partial charge in [-0.1, -0.05) is 0 Å². The average Bonchev–Trinajstić information content (AvgIpc) is 2.25. The molecule has 1 rings (SSSR count). The highest BCUT2D eigenvalue weighted by molar-refractivity contribution is 5.38. The molecule has 0 aliphatic carbocycles. The van der Waals surface area contributed by atoms with Crippen LogP contribution in [0.3, 0.4) is 0 Å². The van der Waals surface area contributed by atoms with Crippen molar-refractivity contribution in [3.8, 4) is 11.5 Å². The Balaban J connectivity index is 3.42. The summed E-state index contributed by atoms with van der Waals surface area (Å²) in [6.07, 6.45) is -11.5. The lowest BCUT2D eigenvalue weighted by Crippen LogP contribution is -2.22. The summed E-state index contributed by atoms with van der Waals surface area (Å²) in [7, 11) is 0. The molecule has 0 aliphatic rings. The minimum absolute atomic E-state index is 2.58. The summed E-state index contributed by atoms with van der Waals surface area (Å²) in [6, 6.07) is 0. The summed E-state index contributed by atoms with van der Waals surface area (Å²) in [5.41, 5.74) is 0. The van der Waals surface area contributed by atoms with Crippen LogP contribution < -0.4 is 9.47 Å². The molecule has 0 atom stereocenters.